The predicted octanol–water partition coefficient (Wildman–Crippen LogP) is 3.96. The zero-order valence-corrected chi connectivity index (χ0v) is 23.2. The lowest BCUT2D eigenvalue weighted by Crippen LogP contribution is -2.54. The van der Waals surface area contributed by atoms with Crippen LogP contribution in [0.15, 0.2) is 55.6 Å². The molecule has 2 bridgehead atoms. The van der Waals surface area contributed by atoms with Crippen molar-refractivity contribution in [2.45, 2.75) is 67.5 Å². The quantitative estimate of drug-likeness (QED) is 0.218. The highest BCUT2D eigenvalue weighted by Gasteiger charge is 2.77. The van der Waals surface area contributed by atoms with E-state index in [-0.39, 0.29) is 31.0 Å². The lowest BCUT2D eigenvalue weighted by Gasteiger charge is -2.37. The van der Waals surface area contributed by atoms with Crippen molar-refractivity contribution in [2.75, 3.05) is 26.3 Å². The van der Waals surface area contributed by atoms with Crippen molar-refractivity contribution in [1.82, 2.24) is 9.80 Å². The number of esters is 1. The normalized spacial score (nSPS) is 29.3. The van der Waals surface area contributed by atoms with Gasteiger partial charge in [-0.25, -0.2) is 0 Å². The van der Waals surface area contributed by atoms with Crippen LogP contribution >= 0.6 is 11.8 Å². The first-order valence-corrected chi connectivity index (χ1v) is 14.5. The van der Waals surface area contributed by atoms with Crippen LogP contribution in [-0.4, -0.2) is 74.5 Å². The van der Waals surface area contributed by atoms with Gasteiger partial charge in [-0.05, 0) is 51.0 Å². The van der Waals surface area contributed by atoms with Crippen LogP contribution in [0, 0.1) is 11.8 Å². The third kappa shape index (κ3) is 5.17. The van der Waals surface area contributed by atoms with E-state index in [4.69, 9.17) is 4.74 Å². The molecule has 1 N–H and O–H groups in total. The summed E-state index contributed by atoms with van der Waals surface area (Å²) in [6, 6.07) is 9.16. The Bertz CT molecular complexity index is 1050. The van der Waals surface area contributed by atoms with Gasteiger partial charge in [-0.15, -0.1) is 24.9 Å². The van der Waals surface area contributed by atoms with E-state index < -0.39 is 27.4 Å². The molecule has 3 fully saturated rings. The van der Waals surface area contributed by atoms with Crippen molar-refractivity contribution in [3.63, 3.8) is 0 Å². The minimum Gasteiger partial charge on any atom is -0.465 e. The first-order chi connectivity index (χ1) is 18.3. The molecule has 0 aromatic heterocycles. The Kier molecular flexibility index (Phi) is 9.04. The van der Waals surface area contributed by atoms with Gasteiger partial charge >= 0.3 is 5.97 Å². The van der Waals surface area contributed by atoms with Crippen LogP contribution in [0.1, 0.15) is 51.0 Å². The monoisotopic (exact) mass is 540 g/mol. The standard InChI is InChI=1S/C30H40N2O5S/c1-4-6-20-37-28(36)24-23-26(34)32(18-11-8-12-19-33)25(30(23)16-15-29(24,3)38-30)27(35)31(17-5-2)21-22-13-9-7-10-14-22/h4-5,7,9-10,13-14,23-25,33H,1-2,6,8,11-12,15-21H2,3H3/t23-,24-,25?,29+,30?/m0/s1. The Morgan fingerprint density at radius 1 is 1.18 bits per heavy atom. The molecule has 3 aliphatic heterocycles. The molecule has 38 heavy (non-hydrogen) atoms. The molecule has 3 aliphatic rings. The molecular weight excluding hydrogens is 500 g/mol. The predicted molar refractivity (Wildman–Crippen MR) is 149 cm³/mol. The van der Waals surface area contributed by atoms with Crippen molar-refractivity contribution < 1.29 is 24.2 Å². The average molecular weight is 541 g/mol. The number of aliphatic hydroxyl groups excluding tert-OH is 1. The number of fused-ring (bicyclic) bond motifs is 1. The van der Waals surface area contributed by atoms with Crippen LogP contribution < -0.4 is 0 Å². The lowest BCUT2D eigenvalue weighted by molar-refractivity contribution is -0.155. The number of nitrogens with zero attached hydrogens (tertiary/aromatic N) is 2. The molecule has 2 unspecified atom stereocenters. The Balaban J connectivity index is 1.68. The summed E-state index contributed by atoms with van der Waals surface area (Å²) in [6.07, 6.45) is 7.54. The van der Waals surface area contributed by atoms with E-state index in [2.05, 4.69) is 20.1 Å². The number of amides is 2. The van der Waals surface area contributed by atoms with Crippen molar-refractivity contribution >= 4 is 29.5 Å². The topological polar surface area (TPSA) is 87.1 Å². The van der Waals surface area contributed by atoms with Gasteiger partial charge in [-0.1, -0.05) is 42.5 Å². The van der Waals surface area contributed by atoms with Gasteiger partial charge in [0.05, 0.1) is 23.2 Å². The van der Waals surface area contributed by atoms with E-state index in [9.17, 15) is 19.5 Å². The fourth-order valence-electron chi connectivity index (χ4n) is 6.57. The molecule has 206 valence electrons. The smallest absolute Gasteiger partial charge is 0.311 e. The highest BCUT2D eigenvalue weighted by atomic mass is 32.2. The minimum absolute atomic E-state index is 0.0933. The molecule has 1 spiro atoms. The summed E-state index contributed by atoms with van der Waals surface area (Å²) >= 11 is 1.66. The van der Waals surface area contributed by atoms with Crippen LogP contribution in [0.3, 0.4) is 0 Å². The summed E-state index contributed by atoms with van der Waals surface area (Å²) in [7, 11) is 0. The number of aliphatic hydroxyl groups is 1. The second-order valence-electron chi connectivity index (χ2n) is 10.8. The maximum atomic E-state index is 14.4. The van der Waals surface area contributed by atoms with E-state index in [1.807, 2.05) is 30.3 Å². The number of rotatable bonds is 14. The van der Waals surface area contributed by atoms with Gasteiger partial charge in [0.15, 0.2) is 0 Å². The fraction of sp³-hybridized carbons (Fsp3) is 0.567. The number of hydrogen-bond donors (Lipinski definition) is 1. The molecule has 1 aromatic carbocycles. The Labute approximate surface area is 230 Å². The number of thioether (sulfide) groups is 1. The maximum absolute atomic E-state index is 14.4. The Morgan fingerprint density at radius 3 is 2.63 bits per heavy atom. The van der Waals surface area contributed by atoms with Crippen molar-refractivity contribution in [3.05, 3.63) is 61.2 Å². The van der Waals surface area contributed by atoms with Gasteiger partial charge in [0.25, 0.3) is 0 Å². The van der Waals surface area contributed by atoms with Gasteiger partial charge < -0.3 is 19.6 Å². The number of likely N-dealkylation sites (tertiary alicyclic amines) is 1. The number of carbonyl (C=O) groups is 3. The molecule has 2 amide bonds. The molecule has 1 aromatic rings. The fourth-order valence-corrected chi connectivity index (χ4v) is 8.91. The highest BCUT2D eigenvalue weighted by molar-refractivity contribution is 8.02. The molecule has 3 heterocycles. The van der Waals surface area contributed by atoms with Crippen LogP contribution in [0.4, 0.5) is 0 Å². The molecule has 0 saturated carbocycles. The minimum atomic E-state index is -0.669. The highest BCUT2D eigenvalue weighted by Crippen LogP contribution is 2.71. The summed E-state index contributed by atoms with van der Waals surface area (Å²) in [6.45, 7) is 11.2. The van der Waals surface area contributed by atoms with Gasteiger partial charge in [0.2, 0.25) is 11.8 Å². The largest absolute Gasteiger partial charge is 0.465 e. The second-order valence-corrected chi connectivity index (χ2v) is 12.7. The number of unbranched alkanes of at least 4 members (excludes halogenated alkanes) is 2. The molecule has 0 aliphatic carbocycles. The number of carbonyl (C=O) groups excluding carboxylic acids is 3. The van der Waals surface area contributed by atoms with Crippen molar-refractivity contribution in [2.24, 2.45) is 11.8 Å². The van der Waals surface area contributed by atoms with Gasteiger partial charge in [-0.3, -0.25) is 14.4 Å². The zero-order chi connectivity index (χ0) is 27.3. The second kappa shape index (κ2) is 12.1. The summed E-state index contributed by atoms with van der Waals surface area (Å²) in [5.74, 6) is -1.73. The third-order valence-electron chi connectivity index (χ3n) is 8.27. The van der Waals surface area contributed by atoms with Gasteiger partial charge in [-0.2, -0.15) is 0 Å². The van der Waals surface area contributed by atoms with Gasteiger partial charge in [0, 0.05) is 31.0 Å². The van der Waals surface area contributed by atoms with Crippen LogP contribution in [-0.2, 0) is 25.7 Å². The molecule has 7 nitrogen and oxygen atoms in total. The van der Waals surface area contributed by atoms with E-state index in [1.165, 1.54) is 0 Å². The third-order valence-corrected chi connectivity index (χ3v) is 10.3. The van der Waals surface area contributed by atoms with Crippen molar-refractivity contribution in [3.8, 4) is 0 Å². The van der Waals surface area contributed by atoms with Crippen LogP contribution in [0.2, 0.25) is 0 Å². The molecule has 3 saturated heterocycles. The molecular formula is C30H40N2O5S. The zero-order valence-electron chi connectivity index (χ0n) is 22.3. The van der Waals surface area contributed by atoms with E-state index in [0.29, 0.717) is 45.3 Å². The van der Waals surface area contributed by atoms with Crippen LogP contribution in [0.5, 0.6) is 0 Å². The molecule has 4 rings (SSSR count). The summed E-state index contributed by atoms with van der Waals surface area (Å²) in [5.41, 5.74) is 1.01. The Hall–Kier alpha value is -2.58. The van der Waals surface area contributed by atoms with Crippen molar-refractivity contribution in [1.29, 1.82) is 0 Å². The van der Waals surface area contributed by atoms with Crippen LogP contribution in [0.25, 0.3) is 0 Å². The maximum Gasteiger partial charge on any atom is 0.311 e. The first-order valence-electron chi connectivity index (χ1n) is 13.7. The Morgan fingerprint density at radius 2 is 1.95 bits per heavy atom. The summed E-state index contributed by atoms with van der Waals surface area (Å²) in [5, 5.41) is 9.24. The van der Waals surface area contributed by atoms with E-state index in [1.54, 1.807) is 33.7 Å². The first kappa shape index (κ1) is 28.4. The summed E-state index contributed by atoms with van der Waals surface area (Å²) < 4.78 is 4.50. The number of ether oxygens (including phenoxy) is 1. The average Bonchev–Trinajstić information content (AvgIpc) is 3.47. The molecule has 5 atom stereocenters. The van der Waals surface area contributed by atoms with E-state index >= 15 is 0 Å². The number of benzene rings is 1. The summed E-state index contributed by atoms with van der Waals surface area (Å²) in [4.78, 5) is 45.4. The lowest BCUT2D eigenvalue weighted by atomic mass is 9.66. The number of hydrogen-bond acceptors (Lipinski definition) is 6. The molecule has 8 heteroatoms. The molecule has 0 radical (unpaired) electrons. The van der Waals surface area contributed by atoms with Gasteiger partial charge in [0.1, 0.15) is 6.04 Å². The SMILES string of the molecule is C=CCCOC(=O)[C@@H]1[C@H]2C(=O)N(CCCCCO)C(C(=O)N(CC=C)Cc3ccccc3)C23CC[C@@]1(C)S3. The van der Waals surface area contributed by atoms with E-state index in [0.717, 1.165) is 18.4 Å².